The lowest BCUT2D eigenvalue weighted by atomic mass is 10.1. The number of aliphatic hydroxyl groups is 1. The largest absolute Gasteiger partial charge is 0.489 e. The zero-order valence-electron chi connectivity index (χ0n) is 11.0. The topological polar surface area (TPSA) is 53.2 Å². The lowest BCUT2D eigenvalue weighted by molar-refractivity contribution is 0.198. The molecule has 0 bridgehead atoms. The number of nitrogens with zero attached hydrogens (tertiary/aromatic N) is 1. The molecule has 0 saturated heterocycles. The van der Waals surface area contributed by atoms with Crippen LogP contribution in [0, 0.1) is 11.3 Å². The molecule has 1 unspecified atom stereocenters. The van der Waals surface area contributed by atoms with Gasteiger partial charge in [0.05, 0.1) is 17.7 Å². The van der Waals surface area contributed by atoms with E-state index in [-0.39, 0.29) is 0 Å². The van der Waals surface area contributed by atoms with Crippen molar-refractivity contribution >= 4 is 11.6 Å². The van der Waals surface area contributed by atoms with Crippen LogP contribution in [0.5, 0.6) is 5.75 Å². The Morgan fingerprint density at radius 1 is 1.30 bits per heavy atom. The standard InChI is InChI=1S/C16H14ClNO2/c1-11(19)13-3-2-4-15(8-13)20-10-14-6-5-12(9-18)7-16(14)17/h2-8,11,19H,10H2,1H3. The molecule has 0 saturated carbocycles. The molecule has 1 atom stereocenters. The van der Waals surface area contributed by atoms with Crippen LogP contribution in [0.25, 0.3) is 0 Å². The average molecular weight is 288 g/mol. The van der Waals surface area contributed by atoms with E-state index in [0.717, 1.165) is 11.1 Å². The first-order chi connectivity index (χ1) is 9.60. The summed E-state index contributed by atoms with van der Waals surface area (Å²) in [4.78, 5) is 0. The number of hydrogen-bond donors (Lipinski definition) is 1. The minimum absolute atomic E-state index is 0.313. The van der Waals surface area contributed by atoms with Gasteiger partial charge in [-0.15, -0.1) is 0 Å². The Labute approximate surface area is 123 Å². The highest BCUT2D eigenvalue weighted by atomic mass is 35.5. The fourth-order valence-electron chi connectivity index (χ4n) is 1.76. The van der Waals surface area contributed by atoms with Crippen LogP contribution >= 0.6 is 11.6 Å². The SMILES string of the molecule is CC(O)c1cccc(OCc2ccc(C#N)cc2Cl)c1. The number of aliphatic hydroxyl groups excluding tert-OH is 1. The van der Waals surface area contributed by atoms with Gasteiger partial charge >= 0.3 is 0 Å². The van der Waals surface area contributed by atoms with Gasteiger partial charge < -0.3 is 9.84 Å². The van der Waals surface area contributed by atoms with Gasteiger partial charge in [-0.1, -0.05) is 29.8 Å². The number of halogens is 1. The quantitative estimate of drug-likeness (QED) is 0.929. The number of ether oxygens (including phenoxy) is 1. The molecule has 102 valence electrons. The maximum atomic E-state index is 9.53. The highest BCUT2D eigenvalue weighted by Crippen LogP contribution is 2.22. The Balaban J connectivity index is 2.09. The molecule has 0 fully saturated rings. The van der Waals surface area contributed by atoms with Crippen molar-refractivity contribution in [1.29, 1.82) is 5.26 Å². The molecular formula is C16H14ClNO2. The molecule has 0 aliphatic carbocycles. The van der Waals surface area contributed by atoms with Crippen LogP contribution in [-0.4, -0.2) is 5.11 Å². The van der Waals surface area contributed by atoms with Crippen molar-refractivity contribution in [2.75, 3.05) is 0 Å². The van der Waals surface area contributed by atoms with Crippen LogP contribution in [0.3, 0.4) is 0 Å². The highest BCUT2D eigenvalue weighted by Gasteiger charge is 2.05. The number of nitriles is 1. The molecule has 0 aliphatic heterocycles. The normalized spacial score (nSPS) is 11.7. The number of rotatable bonds is 4. The fraction of sp³-hybridized carbons (Fsp3) is 0.188. The fourth-order valence-corrected chi connectivity index (χ4v) is 1.99. The summed E-state index contributed by atoms with van der Waals surface area (Å²) in [5.41, 5.74) is 2.14. The van der Waals surface area contributed by atoms with Gasteiger partial charge in [-0.05, 0) is 36.8 Å². The van der Waals surface area contributed by atoms with Gasteiger partial charge in [-0.2, -0.15) is 5.26 Å². The first-order valence-electron chi connectivity index (χ1n) is 6.19. The van der Waals surface area contributed by atoms with Gasteiger partial charge in [-0.3, -0.25) is 0 Å². The third-order valence-electron chi connectivity index (χ3n) is 2.92. The molecule has 3 nitrogen and oxygen atoms in total. The van der Waals surface area contributed by atoms with E-state index in [1.165, 1.54) is 0 Å². The van der Waals surface area contributed by atoms with E-state index in [1.54, 1.807) is 31.2 Å². The van der Waals surface area contributed by atoms with Crippen molar-refractivity contribution in [3.63, 3.8) is 0 Å². The van der Waals surface area contributed by atoms with Crippen LogP contribution in [0.1, 0.15) is 29.7 Å². The first kappa shape index (κ1) is 14.4. The molecule has 2 aromatic rings. The zero-order chi connectivity index (χ0) is 14.5. The van der Waals surface area contributed by atoms with E-state index in [0.29, 0.717) is 22.9 Å². The third kappa shape index (κ3) is 3.51. The van der Waals surface area contributed by atoms with Crippen LogP contribution in [0.2, 0.25) is 5.02 Å². The molecule has 0 heterocycles. The molecule has 20 heavy (non-hydrogen) atoms. The highest BCUT2D eigenvalue weighted by molar-refractivity contribution is 6.31. The summed E-state index contributed by atoms with van der Waals surface area (Å²) >= 11 is 6.09. The van der Waals surface area contributed by atoms with E-state index >= 15 is 0 Å². The second-order valence-electron chi connectivity index (χ2n) is 4.46. The Hall–Kier alpha value is -2.02. The van der Waals surface area contributed by atoms with Crippen LogP contribution in [0.15, 0.2) is 42.5 Å². The van der Waals surface area contributed by atoms with Crippen molar-refractivity contribution in [2.24, 2.45) is 0 Å². The van der Waals surface area contributed by atoms with Crippen molar-refractivity contribution < 1.29 is 9.84 Å². The summed E-state index contributed by atoms with van der Waals surface area (Å²) in [6.45, 7) is 2.02. The number of hydrogen-bond acceptors (Lipinski definition) is 3. The Morgan fingerprint density at radius 3 is 2.75 bits per heavy atom. The predicted octanol–water partition coefficient (Wildman–Crippen LogP) is 3.84. The van der Waals surface area contributed by atoms with E-state index in [4.69, 9.17) is 21.6 Å². The van der Waals surface area contributed by atoms with Gasteiger partial charge in [0, 0.05) is 10.6 Å². The molecule has 0 aromatic heterocycles. The summed E-state index contributed by atoms with van der Waals surface area (Å²) in [5.74, 6) is 0.670. The van der Waals surface area contributed by atoms with E-state index in [1.807, 2.05) is 24.3 Å². The third-order valence-corrected chi connectivity index (χ3v) is 3.27. The lowest BCUT2D eigenvalue weighted by Gasteiger charge is -2.10. The monoisotopic (exact) mass is 287 g/mol. The molecule has 0 radical (unpaired) electrons. The Bertz CT molecular complexity index is 647. The molecule has 2 aromatic carbocycles. The predicted molar refractivity (Wildman–Crippen MR) is 77.6 cm³/mol. The maximum absolute atomic E-state index is 9.53. The van der Waals surface area contributed by atoms with Gasteiger partial charge in [0.25, 0.3) is 0 Å². The summed E-state index contributed by atoms with van der Waals surface area (Å²) < 4.78 is 5.66. The minimum Gasteiger partial charge on any atom is -0.489 e. The second-order valence-corrected chi connectivity index (χ2v) is 4.86. The van der Waals surface area contributed by atoms with Crippen molar-refractivity contribution in [2.45, 2.75) is 19.6 Å². The molecule has 0 spiro atoms. The molecule has 1 N–H and O–H groups in total. The van der Waals surface area contributed by atoms with Crippen molar-refractivity contribution in [3.8, 4) is 11.8 Å². The Morgan fingerprint density at radius 2 is 2.10 bits per heavy atom. The van der Waals surface area contributed by atoms with Crippen molar-refractivity contribution in [1.82, 2.24) is 0 Å². The molecular weight excluding hydrogens is 274 g/mol. The van der Waals surface area contributed by atoms with Gasteiger partial charge in [-0.25, -0.2) is 0 Å². The van der Waals surface area contributed by atoms with Gasteiger partial charge in [0.1, 0.15) is 12.4 Å². The summed E-state index contributed by atoms with van der Waals surface area (Å²) in [7, 11) is 0. The van der Waals surface area contributed by atoms with Crippen LogP contribution in [0.4, 0.5) is 0 Å². The molecule has 0 aliphatic rings. The average Bonchev–Trinajstić information content (AvgIpc) is 2.46. The van der Waals surface area contributed by atoms with Gasteiger partial charge in [0.2, 0.25) is 0 Å². The lowest BCUT2D eigenvalue weighted by Crippen LogP contribution is -1.98. The van der Waals surface area contributed by atoms with E-state index in [2.05, 4.69) is 0 Å². The van der Waals surface area contributed by atoms with Crippen molar-refractivity contribution in [3.05, 3.63) is 64.2 Å². The summed E-state index contributed by atoms with van der Waals surface area (Å²) in [6, 6.07) is 14.4. The van der Waals surface area contributed by atoms with Crippen LogP contribution < -0.4 is 4.74 Å². The smallest absolute Gasteiger partial charge is 0.120 e. The number of benzene rings is 2. The van der Waals surface area contributed by atoms with E-state index < -0.39 is 6.10 Å². The summed E-state index contributed by atoms with van der Waals surface area (Å²) in [5, 5.41) is 18.8. The Kier molecular flexibility index (Phi) is 4.62. The molecule has 2 rings (SSSR count). The molecule has 0 amide bonds. The zero-order valence-corrected chi connectivity index (χ0v) is 11.8. The molecule has 4 heteroatoms. The second kappa shape index (κ2) is 6.42. The summed E-state index contributed by atoms with van der Waals surface area (Å²) in [6.07, 6.45) is -0.531. The first-order valence-corrected chi connectivity index (χ1v) is 6.57. The van der Waals surface area contributed by atoms with E-state index in [9.17, 15) is 5.11 Å². The minimum atomic E-state index is -0.531. The maximum Gasteiger partial charge on any atom is 0.120 e. The van der Waals surface area contributed by atoms with Gasteiger partial charge in [0.15, 0.2) is 0 Å². The van der Waals surface area contributed by atoms with Crippen LogP contribution in [-0.2, 0) is 6.61 Å².